The number of anilines is 1. The minimum absolute atomic E-state index is 0.0933. The fourth-order valence-corrected chi connectivity index (χ4v) is 2.82. The number of esters is 1. The molecule has 0 bridgehead atoms. The van der Waals surface area contributed by atoms with E-state index in [4.69, 9.17) is 39.5 Å². The second-order valence-electron chi connectivity index (χ2n) is 5.12. The number of hydrogen-bond donors (Lipinski definition) is 1. The molecule has 4 nitrogen and oxygen atoms in total. The molecule has 1 amide bonds. The summed E-state index contributed by atoms with van der Waals surface area (Å²) in [6, 6.07) is 10.4. The van der Waals surface area contributed by atoms with Crippen LogP contribution in [0.15, 0.2) is 36.4 Å². The lowest BCUT2D eigenvalue weighted by Gasteiger charge is -2.10. The van der Waals surface area contributed by atoms with Crippen LogP contribution in [0.3, 0.4) is 0 Å². The maximum Gasteiger partial charge on any atom is 0.310 e. The van der Waals surface area contributed by atoms with Gasteiger partial charge in [-0.3, -0.25) is 9.59 Å². The first-order chi connectivity index (χ1) is 11.3. The van der Waals surface area contributed by atoms with E-state index in [9.17, 15) is 9.59 Å². The Morgan fingerprint density at radius 1 is 1.04 bits per heavy atom. The molecular weight excluding hydrogens is 373 g/mol. The molecule has 2 rings (SSSR count). The number of carbonyl (C=O) groups is 2. The van der Waals surface area contributed by atoms with Crippen molar-refractivity contribution in [3.63, 3.8) is 0 Å². The first-order valence-electron chi connectivity index (χ1n) is 7.00. The monoisotopic (exact) mass is 385 g/mol. The van der Waals surface area contributed by atoms with Gasteiger partial charge in [-0.05, 0) is 24.6 Å². The average molecular weight is 387 g/mol. The quantitative estimate of drug-likeness (QED) is 0.759. The zero-order chi connectivity index (χ0) is 17.7. The minimum atomic E-state index is -0.543. The van der Waals surface area contributed by atoms with Gasteiger partial charge < -0.3 is 10.1 Å². The Morgan fingerprint density at radius 3 is 2.21 bits per heavy atom. The van der Waals surface area contributed by atoms with Crippen molar-refractivity contribution >= 4 is 52.4 Å². The largest absolute Gasteiger partial charge is 0.455 e. The molecule has 0 aliphatic heterocycles. The van der Waals surface area contributed by atoms with Gasteiger partial charge in [-0.1, -0.05) is 64.6 Å². The fourth-order valence-electron chi connectivity index (χ4n) is 1.91. The Labute approximate surface area is 154 Å². The van der Waals surface area contributed by atoms with Crippen molar-refractivity contribution in [3.05, 3.63) is 62.6 Å². The zero-order valence-corrected chi connectivity index (χ0v) is 15.0. The molecule has 0 saturated heterocycles. The first-order valence-corrected chi connectivity index (χ1v) is 8.14. The molecule has 0 fully saturated rings. The molecule has 0 spiro atoms. The Balaban J connectivity index is 1.87. The number of carbonyl (C=O) groups excluding carboxylic acids is 2. The third-order valence-electron chi connectivity index (χ3n) is 3.10. The van der Waals surface area contributed by atoms with Crippen LogP contribution in [-0.4, -0.2) is 18.5 Å². The number of nitrogens with one attached hydrogen (secondary N) is 1. The highest BCUT2D eigenvalue weighted by molar-refractivity contribution is 6.42. The second-order valence-corrected chi connectivity index (χ2v) is 6.37. The summed E-state index contributed by atoms with van der Waals surface area (Å²) in [5.74, 6) is -1.04. The van der Waals surface area contributed by atoms with Gasteiger partial charge in [-0.25, -0.2) is 0 Å². The summed E-state index contributed by atoms with van der Waals surface area (Å²) >= 11 is 17.7. The summed E-state index contributed by atoms with van der Waals surface area (Å²) in [6.07, 6.45) is 0.0933. The molecule has 126 valence electrons. The van der Waals surface area contributed by atoms with Crippen LogP contribution < -0.4 is 5.32 Å². The lowest BCUT2D eigenvalue weighted by molar-refractivity contribution is -0.146. The van der Waals surface area contributed by atoms with E-state index in [1.54, 1.807) is 0 Å². The molecule has 0 atom stereocenters. The number of amides is 1. The van der Waals surface area contributed by atoms with Crippen molar-refractivity contribution in [3.8, 4) is 0 Å². The van der Waals surface area contributed by atoms with Crippen LogP contribution in [0.2, 0.25) is 15.1 Å². The molecule has 24 heavy (non-hydrogen) atoms. The van der Waals surface area contributed by atoms with Crippen molar-refractivity contribution in [1.29, 1.82) is 0 Å². The molecule has 1 N–H and O–H groups in total. The third-order valence-corrected chi connectivity index (χ3v) is 3.92. The van der Waals surface area contributed by atoms with Gasteiger partial charge in [0.05, 0.1) is 22.2 Å². The highest BCUT2D eigenvalue weighted by Crippen LogP contribution is 2.33. The lowest BCUT2D eigenvalue weighted by atomic mass is 10.1. The van der Waals surface area contributed by atoms with Gasteiger partial charge in [-0.15, -0.1) is 0 Å². The van der Waals surface area contributed by atoms with Crippen LogP contribution in [0.4, 0.5) is 5.69 Å². The van der Waals surface area contributed by atoms with E-state index in [1.165, 1.54) is 12.1 Å². The topological polar surface area (TPSA) is 55.4 Å². The summed E-state index contributed by atoms with van der Waals surface area (Å²) in [5, 5.41) is 3.25. The molecule has 0 aliphatic rings. The average Bonchev–Trinajstić information content (AvgIpc) is 2.51. The van der Waals surface area contributed by atoms with E-state index in [2.05, 4.69) is 5.32 Å². The van der Waals surface area contributed by atoms with E-state index in [0.717, 1.165) is 11.1 Å². The SMILES string of the molecule is Cc1ccc(CC(=O)OCC(=O)Nc2c(Cl)cc(Cl)cc2Cl)cc1. The van der Waals surface area contributed by atoms with E-state index < -0.39 is 18.5 Å². The van der Waals surface area contributed by atoms with Crippen molar-refractivity contribution < 1.29 is 14.3 Å². The van der Waals surface area contributed by atoms with E-state index >= 15 is 0 Å². The number of halogens is 3. The van der Waals surface area contributed by atoms with Crippen molar-refractivity contribution in [1.82, 2.24) is 0 Å². The Kier molecular flexibility index (Phi) is 6.49. The van der Waals surface area contributed by atoms with Gasteiger partial charge in [0.25, 0.3) is 5.91 Å². The Morgan fingerprint density at radius 2 is 1.62 bits per heavy atom. The highest BCUT2D eigenvalue weighted by Gasteiger charge is 2.13. The Hall–Kier alpha value is -1.75. The normalized spacial score (nSPS) is 10.3. The van der Waals surface area contributed by atoms with Crippen molar-refractivity contribution in [2.75, 3.05) is 11.9 Å². The number of ether oxygens (including phenoxy) is 1. The summed E-state index contributed by atoms with van der Waals surface area (Å²) in [6.45, 7) is 1.53. The van der Waals surface area contributed by atoms with Gasteiger partial charge in [0.2, 0.25) is 0 Å². The molecule has 0 saturated carbocycles. The van der Waals surface area contributed by atoms with Crippen LogP contribution in [0, 0.1) is 6.92 Å². The molecule has 0 aromatic heterocycles. The third kappa shape index (κ3) is 5.41. The van der Waals surface area contributed by atoms with Gasteiger partial charge in [-0.2, -0.15) is 0 Å². The molecule has 0 aliphatic carbocycles. The molecule has 7 heteroatoms. The summed E-state index contributed by atoms with van der Waals surface area (Å²) in [4.78, 5) is 23.6. The number of aryl methyl sites for hydroxylation is 1. The Bertz CT molecular complexity index is 737. The number of hydrogen-bond acceptors (Lipinski definition) is 3. The predicted molar refractivity (Wildman–Crippen MR) is 95.9 cm³/mol. The zero-order valence-electron chi connectivity index (χ0n) is 12.7. The van der Waals surface area contributed by atoms with E-state index in [-0.39, 0.29) is 22.2 Å². The van der Waals surface area contributed by atoms with Crippen LogP contribution >= 0.6 is 34.8 Å². The van der Waals surface area contributed by atoms with Gasteiger partial charge in [0, 0.05) is 5.02 Å². The highest BCUT2D eigenvalue weighted by atomic mass is 35.5. The van der Waals surface area contributed by atoms with E-state index in [1.807, 2.05) is 31.2 Å². The summed E-state index contributed by atoms with van der Waals surface area (Å²) in [5.41, 5.74) is 2.14. The number of benzene rings is 2. The smallest absolute Gasteiger partial charge is 0.310 e. The molecule has 2 aromatic rings. The van der Waals surface area contributed by atoms with Crippen LogP contribution in [-0.2, 0) is 20.7 Å². The van der Waals surface area contributed by atoms with Crippen LogP contribution in [0.25, 0.3) is 0 Å². The molecule has 0 heterocycles. The summed E-state index contributed by atoms with van der Waals surface area (Å²) in [7, 11) is 0. The molecule has 0 radical (unpaired) electrons. The molecular formula is C17H14Cl3NO3. The van der Waals surface area contributed by atoms with Crippen molar-refractivity contribution in [2.45, 2.75) is 13.3 Å². The standard InChI is InChI=1S/C17H14Cl3NO3/c1-10-2-4-11(5-3-10)6-16(23)24-9-15(22)21-17-13(19)7-12(18)8-14(17)20/h2-5,7-8H,6,9H2,1H3,(H,21,22). The van der Waals surface area contributed by atoms with Gasteiger partial charge in [0.15, 0.2) is 6.61 Å². The first kappa shape index (κ1) is 18.6. The molecule has 2 aromatic carbocycles. The minimum Gasteiger partial charge on any atom is -0.455 e. The van der Waals surface area contributed by atoms with E-state index in [0.29, 0.717) is 5.02 Å². The lowest BCUT2D eigenvalue weighted by Crippen LogP contribution is -2.22. The molecule has 0 unspecified atom stereocenters. The second kappa shape index (κ2) is 8.38. The number of rotatable bonds is 5. The van der Waals surface area contributed by atoms with Crippen molar-refractivity contribution in [2.24, 2.45) is 0 Å². The fraction of sp³-hybridized carbons (Fsp3) is 0.176. The maximum absolute atomic E-state index is 11.9. The van der Waals surface area contributed by atoms with Gasteiger partial charge >= 0.3 is 5.97 Å². The predicted octanol–water partition coefficient (Wildman–Crippen LogP) is 4.68. The van der Waals surface area contributed by atoms with Gasteiger partial charge in [0.1, 0.15) is 0 Å². The van der Waals surface area contributed by atoms with Crippen LogP contribution in [0.1, 0.15) is 11.1 Å². The van der Waals surface area contributed by atoms with Crippen LogP contribution in [0.5, 0.6) is 0 Å². The maximum atomic E-state index is 11.9. The summed E-state index contributed by atoms with van der Waals surface area (Å²) < 4.78 is 4.95.